The molecule has 0 aromatic heterocycles. The molecule has 0 bridgehead atoms. The van der Waals surface area contributed by atoms with Gasteiger partial charge in [0.1, 0.15) is 0 Å². The molecule has 0 radical (unpaired) electrons. The number of Topliss-reactive ketones (excluding diaryl/α,β-unsaturated/α-hetero) is 1. The van der Waals surface area contributed by atoms with Gasteiger partial charge in [0.15, 0.2) is 11.7 Å². The summed E-state index contributed by atoms with van der Waals surface area (Å²) in [5, 5.41) is 11.4. The molecule has 1 saturated heterocycles. The molecule has 6 nitrogen and oxygen atoms in total. The van der Waals surface area contributed by atoms with Crippen LogP contribution in [-0.4, -0.2) is 42.1 Å². The molecule has 0 aromatic rings. The Bertz CT molecular complexity index is 489. The van der Waals surface area contributed by atoms with Crippen LogP contribution in [0.25, 0.3) is 0 Å². The second kappa shape index (κ2) is 7.39. The Kier molecular flexibility index (Phi) is 5.53. The summed E-state index contributed by atoms with van der Waals surface area (Å²) in [7, 11) is 1.40. The number of likely N-dealkylation sites (tertiary alicyclic amines) is 1. The van der Waals surface area contributed by atoms with Gasteiger partial charge in [0.25, 0.3) is 0 Å². The molecule has 6 heteroatoms. The summed E-state index contributed by atoms with van der Waals surface area (Å²) in [6.45, 7) is 0.359. The molecule has 1 N–H and O–H groups in total. The van der Waals surface area contributed by atoms with Crippen LogP contribution in [0, 0.1) is 23.2 Å². The third kappa shape index (κ3) is 3.46. The number of nitrogens with zero attached hydrogens (tertiary/aromatic N) is 2. The monoisotopic (exact) mass is 305 g/mol. The van der Waals surface area contributed by atoms with Crippen molar-refractivity contribution in [3.8, 4) is 6.07 Å². The smallest absolute Gasteiger partial charge is 0.244 e. The van der Waals surface area contributed by atoms with E-state index >= 15 is 0 Å². The molecule has 2 atom stereocenters. The van der Waals surface area contributed by atoms with Crippen molar-refractivity contribution in [1.82, 2.24) is 10.2 Å². The Balaban J connectivity index is 2.03. The summed E-state index contributed by atoms with van der Waals surface area (Å²) in [5.41, 5.74) is 0. The summed E-state index contributed by atoms with van der Waals surface area (Å²) in [6, 6.07) is 1.97. The molecule has 22 heavy (non-hydrogen) atoms. The molecule has 2 fully saturated rings. The molecule has 0 spiro atoms. The molecule has 1 aliphatic heterocycles. The van der Waals surface area contributed by atoms with E-state index in [0.717, 1.165) is 25.7 Å². The van der Waals surface area contributed by atoms with Gasteiger partial charge < -0.3 is 10.2 Å². The number of hydrogen-bond donors (Lipinski definition) is 1. The lowest BCUT2D eigenvalue weighted by atomic mass is 9.92. The largest absolute Gasteiger partial charge is 0.358 e. The fraction of sp³-hybridized carbons (Fsp3) is 0.750. The summed E-state index contributed by atoms with van der Waals surface area (Å²) in [6.07, 6.45) is 6.75. The SMILES string of the molecule is CNC(=O)[C@@H](C#N)C(=O)[C@H]1CC(=O)N(C2CCCCCC2)C1. The van der Waals surface area contributed by atoms with Crippen LogP contribution in [0.4, 0.5) is 0 Å². The molecule has 2 amide bonds. The predicted octanol–water partition coefficient (Wildman–Crippen LogP) is 1.01. The number of amides is 2. The van der Waals surface area contributed by atoms with Crippen molar-refractivity contribution in [2.75, 3.05) is 13.6 Å². The van der Waals surface area contributed by atoms with Crippen LogP contribution in [0.5, 0.6) is 0 Å². The van der Waals surface area contributed by atoms with Crippen LogP contribution < -0.4 is 5.32 Å². The van der Waals surface area contributed by atoms with Gasteiger partial charge in [-0.15, -0.1) is 0 Å². The van der Waals surface area contributed by atoms with E-state index < -0.39 is 23.5 Å². The van der Waals surface area contributed by atoms with E-state index in [0.29, 0.717) is 6.54 Å². The number of nitrogens with one attached hydrogen (secondary N) is 1. The number of rotatable bonds is 4. The third-order valence-electron chi connectivity index (χ3n) is 4.75. The normalized spacial score (nSPS) is 24.5. The minimum absolute atomic E-state index is 0.0150. The Morgan fingerprint density at radius 3 is 2.45 bits per heavy atom. The first kappa shape index (κ1) is 16.5. The second-order valence-electron chi connectivity index (χ2n) is 6.17. The minimum atomic E-state index is -1.31. The van der Waals surface area contributed by atoms with Crippen molar-refractivity contribution in [3.63, 3.8) is 0 Å². The second-order valence-corrected chi connectivity index (χ2v) is 6.17. The van der Waals surface area contributed by atoms with Gasteiger partial charge in [-0.05, 0) is 12.8 Å². The molecule has 1 heterocycles. The van der Waals surface area contributed by atoms with Crippen molar-refractivity contribution < 1.29 is 14.4 Å². The van der Waals surface area contributed by atoms with Gasteiger partial charge in [-0.25, -0.2) is 0 Å². The van der Waals surface area contributed by atoms with Crippen LogP contribution >= 0.6 is 0 Å². The molecule has 1 saturated carbocycles. The van der Waals surface area contributed by atoms with Crippen molar-refractivity contribution in [2.45, 2.75) is 51.0 Å². The summed E-state index contributed by atoms with van der Waals surface area (Å²) < 4.78 is 0. The van der Waals surface area contributed by atoms with E-state index in [1.165, 1.54) is 19.9 Å². The highest BCUT2D eigenvalue weighted by molar-refractivity contribution is 6.06. The number of hydrogen-bond acceptors (Lipinski definition) is 4. The topological polar surface area (TPSA) is 90.3 Å². The first-order chi connectivity index (χ1) is 10.6. The maximum Gasteiger partial charge on any atom is 0.244 e. The van der Waals surface area contributed by atoms with E-state index in [2.05, 4.69) is 5.32 Å². The van der Waals surface area contributed by atoms with Gasteiger partial charge in [0, 0.05) is 32.0 Å². The lowest BCUT2D eigenvalue weighted by molar-refractivity contribution is -0.134. The first-order valence-corrected chi connectivity index (χ1v) is 8.03. The molecular formula is C16H23N3O3. The molecule has 120 valence electrons. The third-order valence-corrected chi connectivity index (χ3v) is 4.75. The maximum absolute atomic E-state index is 12.4. The summed E-state index contributed by atoms with van der Waals surface area (Å²) in [4.78, 5) is 38.0. The zero-order valence-electron chi connectivity index (χ0n) is 13.0. The minimum Gasteiger partial charge on any atom is -0.358 e. The van der Waals surface area contributed by atoms with Crippen LogP contribution in [0.3, 0.4) is 0 Å². The predicted molar refractivity (Wildman–Crippen MR) is 79.5 cm³/mol. The van der Waals surface area contributed by atoms with Gasteiger partial charge in [0.2, 0.25) is 11.8 Å². The quantitative estimate of drug-likeness (QED) is 0.620. The van der Waals surface area contributed by atoms with Gasteiger partial charge in [-0.3, -0.25) is 14.4 Å². The number of nitriles is 1. The Hall–Kier alpha value is -1.90. The average molecular weight is 305 g/mol. The highest BCUT2D eigenvalue weighted by atomic mass is 16.2. The molecule has 0 aromatic carbocycles. The number of carbonyl (C=O) groups excluding carboxylic acids is 3. The fourth-order valence-electron chi connectivity index (χ4n) is 3.48. The van der Waals surface area contributed by atoms with E-state index in [-0.39, 0.29) is 18.4 Å². The number of ketones is 1. The first-order valence-electron chi connectivity index (χ1n) is 8.03. The van der Waals surface area contributed by atoms with Gasteiger partial charge in [0.05, 0.1) is 6.07 Å². The standard InChI is InChI=1S/C16H23N3O3/c1-18-16(22)13(9-17)15(21)11-8-14(20)19(10-11)12-6-4-2-3-5-7-12/h11-13H,2-8,10H2,1H3,(H,18,22)/t11-,13-/m0/s1. The molecule has 1 aliphatic carbocycles. The van der Waals surface area contributed by atoms with Crippen molar-refractivity contribution in [1.29, 1.82) is 5.26 Å². The summed E-state index contributed by atoms with van der Waals surface area (Å²) in [5.74, 6) is -2.87. The highest BCUT2D eigenvalue weighted by Crippen LogP contribution is 2.29. The Morgan fingerprint density at radius 1 is 1.27 bits per heavy atom. The van der Waals surface area contributed by atoms with Crippen LogP contribution in [0.15, 0.2) is 0 Å². The van der Waals surface area contributed by atoms with Crippen LogP contribution in [0.2, 0.25) is 0 Å². The molecule has 0 unspecified atom stereocenters. The highest BCUT2D eigenvalue weighted by Gasteiger charge is 2.41. The van der Waals surface area contributed by atoms with Gasteiger partial charge in [-0.2, -0.15) is 5.26 Å². The maximum atomic E-state index is 12.4. The molecular weight excluding hydrogens is 282 g/mol. The molecule has 2 aliphatic rings. The van der Waals surface area contributed by atoms with E-state index in [1.807, 2.05) is 4.90 Å². The van der Waals surface area contributed by atoms with Crippen molar-refractivity contribution in [2.24, 2.45) is 11.8 Å². The van der Waals surface area contributed by atoms with Crippen molar-refractivity contribution >= 4 is 17.6 Å². The van der Waals surface area contributed by atoms with E-state index in [1.54, 1.807) is 6.07 Å². The lowest BCUT2D eigenvalue weighted by Gasteiger charge is -2.27. The van der Waals surface area contributed by atoms with Gasteiger partial charge in [-0.1, -0.05) is 25.7 Å². The van der Waals surface area contributed by atoms with E-state index in [9.17, 15) is 14.4 Å². The van der Waals surface area contributed by atoms with E-state index in [4.69, 9.17) is 5.26 Å². The number of carbonyl (C=O) groups is 3. The lowest BCUT2D eigenvalue weighted by Crippen LogP contribution is -2.39. The zero-order valence-corrected chi connectivity index (χ0v) is 13.0. The van der Waals surface area contributed by atoms with Crippen molar-refractivity contribution in [3.05, 3.63) is 0 Å². The zero-order chi connectivity index (χ0) is 16.1. The Morgan fingerprint density at radius 2 is 1.91 bits per heavy atom. The fourth-order valence-corrected chi connectivity index (χ4v) is 3.48. The van der Waals surface area contributed by atoms with Crippen LogP contribution in [0.1, 0.15) is 44.9 Å². The van der Waals surface area contributed by atoms with Gasteiger partial charge >= 0.3 is 0 Å². The summed E-state index contributed by atoms with van der Waals surface area (Å²) >= 11 is 0. The molecule has 2 rings (SSSR count). The van der Waals surface area contributed by atoms with Crippen LogP contribution in [-0.2, 0) is 14.4 Å². The Labute approximate surface area is 130 Å². The average Bonchev–Trinajstić information content (AvgIpc) is 2.74.